The molecule has 21 heavy (non-hydrogen) atoms. The molecular weight excluding hydrogens is 268 g/mol. The van der Waals surface area contributed by atoms with Gasteiger partial charge in [0.15, 0.2) is 0 Å². The van der Waals surface area contributed by atoms with Crippen molar-refractivity contribution < 1.29 is 14.7 Å². The third-order valence-corrected chi connectivity index (χ3v) is 3.38. The van der Waals surface area contributed by atoms with Crippen LogP contribution in [0, 0.1) is 5.92 Å². The van der Waals surface area contributed by atoms with Crippen LogP contribution in [0.4, 0.5) is 4.79 Å². The molecule has 0 radical (unpaired) electrons. The maximum absolute atomic E-state index is 11.7. The average Bonchev–Trinajstić information content (AvgIpc) is 2.49. The van der Waals surface area contributed by atoms with Crippen molar-refractivity contribution in [2.45, 2.75) is 39.7 Å². The molecule has 0 aromatic heterocycles. The first-order valence-corrected chi connectivity index (χ1v) is 7.39. The number of carboxylic acid groups (broad SMARTS) is 1. The fraction of sp³-hybridized carbons (Fsp3) is 0.500. The lowest BCUT2D eigenvalue weighted by atomic mass is 10.0. The van der Waals surface area contributed by atoms with E-state index in [-0.39, 0.29) is 12.6 Å². The van der Waals surface area contributed by atoms with Crippen LogP contribution in [0.3, 0.4) is 0 Å². The Hall–Kier alpha value is -2.04. The van der Waals surface area contributed by atoms with Gasteiger partial charge in [0.05, 0.1) is 5.92 Å². The van der Waals surface area contributed by atoms with E-state index >= 15 is 0 Å². The highest BCUT2D eigenvalue weighted by Gasteiger charge is 2.16. The molecule has 0 bridgehead atoms. The molecule has 0 aliphatic carbocycles. The predicted molar refractivity (Wildman–Crippen MR) is 82.1 cm³/mol. The molecule has 0 aliphatic rings. The minimum absolute atomic E-state index is 0.157. The average molecular weight is 292 g/mol. The van der Waals surface area contributed by atoms with Gasteiger partial charge in [0.1, 0.15) is 0 Å². The Morgan fingerprint density at radius 1 is 1.10 bits per heavy atom. The first kappa shape index (κ1) is 17.0. The zero-order valence-electron chi connectivity index (χ0n) is 12.7. The lowest BCUT2D eigenvalue weighted by Crippen LogP contribution is -2.39. The number of carboxylic acids is 1. The molecular formula is C16H24N2O3. The number of aliphatic carboxylic acids is 1. The highest BCUT2D eigenvalue weighted by molar-refractivity contribution is 5.75. The number of aryl methyl sites for hydroxylation is 1. The van der Waals surface area contributed by atoms with Gasteiger partial charge in [-0.2, -0.15) is 0 Å². The second-order valence-electron chi connectivity index (χ2n) is 5.06. The number of rotatable bonds is 8. The largest absolute Gasteiger partial charge is 0.481 e. The summed E-state index contributed by atoms with van der Waals surface area (Å²) in [6.45, 7) is 4.61. The molecule has 1 rings (SSSR count). The van der Waals surface area contributed by atoms with Crippen molar-refractivity contribution in [3.05, 3.63) is 35.4 Å². The van der Waals surface area contributed by atoms with Crippen molar-refractivity contribution in [3.63, 3.8) is 0 Å². The second kappa shape index (κ2) is 9.00. The summed E-state index contributed by atoms with van der Waals surface area (Å²) in [7, 11) is 0. The number of amides is 2. The lowest BCUT2D eigenvalue weighted by Gasteiger charge is -2.13. The van der Waals surface area contributed by atoms with Crippen molar-refractivity contribution in [2.24, 2.45) is 5.92 Å². The summed E-state index contributed by atoms with van der Waals surface area (Å²) in [4.78, 5) is 22.6. The Morgan fingerprint density at radius 3 is 2.24 bits per heavy atom. The first-order chi connectivity index (χ1) is 10.1. The molecule has 116 valence electrons. The minimum atomic E-state index is -0.868. The van der Waals surface area contributed by atoms with Crippen molar-refractivity contribution >= 4 is 12.0 Å². The fourth-order valence-corrected chi connectivity index (χ4v) is 2.01. The van der Waals surface area contributed by atoms with Gasteiger partial charge in [0.25, 0.3) is 0 Å². The number of urea groups is 1. The monoisotopic (exact) mass is 292 g/mol. The van der Waals surface area contributed by atoms with Crippen LogP contribution in [0.1, 0.15) is 37.8 Å². The van der Waals surface area contributed by atoms with E-state index in [1.807, 2.05) is 31.2 Å². The molecule has 0 spiro atoms. The van der Waals surface area contributed by atoms with E-state index in [9.17, 15) is 9.59 Å². The van der Waals surface area contributed by atoms with Crippen molar-refractivity contribution in [1.29, 1.82) is 0 Å². The number of carbonyl (C=O) groups is 2. The third kappa shape index (κ3) is 6.29. The van der Waals surface area contributed by atoms with Crippen molar-refractivity contribution in [3.8, 4) is 0 Å². The molecule has 0 saturated carbocycles. The number of hydrogen-bond acceptors (Lipinski definition) is 2. The van der Waals surface area contributed by atoms with Crippen molar-refractivity contribution in [2.75, 3.05) is 6.54 Å². The van der Waals surface area contributed by atoms with E-state index in [4.69, 9.17) is 5.11 Å². The van der Waals surface area contributed by atoms with Crippen LogP contribution in [0.15, 0.2) is 24.3 Å². The molecule has 0 aliphatic heterocycles. The Kier molecular flexibility index (Phi) is 7.29. The number of benzene rings is 1. The van der Waals surface area contributed by atoms with E-state index in [0.717, 1.165) is 18.4 Å². The maximum Gasteiger partial charge on any atom is 0.315 e. The van der Waals surface area contributed by atoms with Gasteiger partial charge in [0, 0.05) is 13.1 Å². The number of hydrogen-bond donors (Lipinski definition) is 3. The molecule has 1 atom stereocenters. The summed E-state index contributed by atoms with van der Waals surface area (Å²) in [5.41, 5.74) is 2.28. The summed E-state index contributed by atoms with van der Waals surface area (Å²) < 4.78 is 0. The van der Waals surface area contributed by atoms with Gasteiger partial charge in [-0.15, -0.1) is 0 Å². The van der Waals surface area contributed by atoms with E-state index in [1.54, 1.807) is 0 Å². The van der Waals surface area contributed by atoms with Crippen LogP contribution in [-0.4, -0.2) is 23.7 Å². The molecule has 1 unspecified atom stereocenters. The van der Waals surface area contributed by atoms with Gasteiger partial charge in [-0.3, -0.25) is 4.79 Å². The predicted octanol–water partition coefficient (Wildman–Crippen LogP) is 2.55. The van der Waals surface area contributed by atoms with Crippen LogP contribution < -0.4 is 10.6 Å². The van der Waals surface area contributed by atoms with Gasteiger partial charge >= 0.3 is 12.0 Å². The van der Waals surface area contributed by atoms with Gasteiger partial charge in [-0.05, 0) is 24.0 Å². The summed E-state index contributed by atoms with van der Waals surface area (Å²) in [5, 5.41) is 14.3. The van der Waals surface area contributed by atoms with Crippen LogP contribution >= 0.6 is 0 Å². The smallest absolute Gasteiger partial charge is 0.315 e. The van der Waals surface area contributed by atoms with Crippen LogP contribution in [0.25, 0.3) is 0 Å². The normalized spacial score (nSPS) is 11.7. The van der Waals surface area contributed by atoms with E-state index in [1.165, 1.54) is 5.56 Å². The van der Waals surface area contributed by atoms with E-state index in [0.29, 0.717) is 13.0 Å². The molecule has 1 aromatic carbocycles. The summed E-state index contributed by atoms with van der Waals surface area (Å²) in [5.74, 6) is -1.39. The Morgan fingerprint density at radius 2 is 1.71 bits per heavy atom. The summed E-state index contributed by atoms with van der Waals surface area (Å²) in [6, 6.07) is 7.71. The van der Waals surface area contributed by atoms with E-state index in [2.05, 4.69) is 17.6 Å². The lowest BCUT2D eigenvalue weighted by molar-refractivity contribution is -0.141. The van der Waals surface area contributed by atoms with Crippen LogP contribution in [0.5, 0.6) is 0 Å². The Labute approximate surface area is 125 Å². The van der Waals surface area contributed by atoms with Gasteiger partial charge in [-0.25, -0.2) is 4.79 Å². The van der Waals surface area contributed by atoms with Gasteiger partial charge < -0.3 is 15.7 Å². The topological polar surface area (TPSA) is 78.4 Å². The number of nitrogens with one attached hydrogen (secondary N) is 2. The van der Waals surface area contributed by atoms with Gasteiger partial charge in [-0.1, -0.05) is 44.5 Å². The fourth-order valence-electron chi connectivity index (χ4n) is 2.01. The summed E-state index contributed by atoms with van der Waals surface area (Å²) in [6.07, 6.45) is 2.33. The minimum Gasteiger partial charge on any atom is -0.481 e. The van der Waals surface area contributed by atoms with Gasteiger partial charge in [0.2, 0.25) is 0 Å². The summed E-state index contributed by atoms with van der Waals surface area (Å²) >= 11 is 0. The first-order valence-electron chi connectivity index (χ1n) is 7.39. The molecule has 0 saturated heterocycles. The number of carbonyl (C=O) groups excluding carboxylic acids is 1. The standard InChI is InChI=1S/C16H24N2O3/c1-3-5-14(15(19)20)11-18-16(21)17-10-13-8-6-12(4-2)7-9-13/h6-9,14H,3-5,10-11H2,1-2H3,(H,19,20)(H2,17,18,21). The quantitative estimate of drug-likeness (QED) is 0.689. The molecule has 0 fully saturated rings. The second-order valence-corrected chi connectivity index (χ2v) is 5.06. The Balaban J connectivity index is 2.34. The van der Waals surface area contributed by atoms with Crippen LogP contribution in [-0.2, 0) is 17.8 Å². The molecule has 3 N–H and O–H groups in total. The molecule has 0 heterocycles. The van der Waals surface area contributed by atoms with E-state index < -0.39 is 11.9 Å². The third-order valence-electron chi connectivity index (χ3n) is 3.38. The maximum atomic E-state index is 11.7. The molecule has 1 aromatic rings. The van der Waals surface area contributed by atoms with Crippen LogP contribution in [0.2, 0.25) is 0 Å². The molecule has 5 heteroatoms. The Bertz CT molecular complexity index is 457. The molecule has 2 amide bonds. The zero-order valence-corrected chi connectivity index (χ0v) is 12.7. The highest BCUT2D eigenvalue weighted by atomic mass is 16.4. The zero-order chi connectivity index (χ0) is 15.7. The molecule has 5 nitrogen and oxygen atoms in total. The SMILES string of the molecule is CCCC(CNC(=O)NCc1ccc(CC)cc1)C(=O)O. The van der Waals surface area contributed by atoms with Crippen molar-refractivity contribution in [1.82, 2.24) is 10.6 Å². The highest BCUT2D eigenvalue weighted by Crippen LogP contribution is 2.06.